The van der Waals surface area contributed by atoms with Gasteiger partial charge in [-0.15, -0.1) is 0 Å². The van der Waals surface area contributed by atoms with Crippen LogP contribution in [0.25, 0.3) is 0 Å². The normalized spacial score (nSPS) is 22.8. The van der Waals surface area contributed by atoms with Crippen molar-refractivity contribution in [2.24, 2.45) is 5.73 Å². The monoisotopic (exact) mass is 253 g/mol. The van der Waals surface area contributed by atoms with Crippen molar-refractivity contribution in [3.8, 4) is 0 Å². The van der Waals surface area contributed by atoms with Crippen molar-refractivity contribution in [1.82, 2.24) is 0 Å². The lowest BCUT2D eigenvalue weighted by atomic mass is 9.92. The summed E-state index contributed by atoms with van der Waals surface area (Å²) < 4.78 is 23.0. The fraction of sp³-hybridized carbons (Fsp3) is 0.538. The minimum Gasteiger partial charge on any atom is -0.330 e. The number of sulfone groups is 1. The maximum Gasteiger partial charge on any atom is 0.150 e. The zero-order valence-corrected chi connectivity index (χ0v) is 10.7. The summed E-state index contributed by atoms with van der Waals surface area (Å²) in [5.74, 6) is 0.837. The molecule has 2 rings (SSSR count). The molecule has 0 radical (unpaired) electrons. The Hall–Kier alpha value is -0.870. The van der Waals surface area contributed by atoms with Gasteiger partial charge < -0.3 is 5.73 Å². The van der Waals surface area contributed by atoms with E-state index in [1.807, 2.05) is 12.1 Å². The Morgan fingerprint density at radius 2 is 2.06 bits per heavy atom. The van der Waals surface area contributed by atoms with Crippen molar-refractivity contribution in [1.29, 1.82) is 0 Å². The van der Waals surface area contributed by atoms with Crippen LogP contribution in [0.2, 0.25) is 0 Å². The zero-order valence-electron chi connectivity index (χ0n) is 9.93. The van der Waals surface area contributed by atoms with Crippen molar-refractivity contribution in [2.45, 2.75) is 25.2 Å². The van der Waals surface area contributed by atoms with Crippen LogP contribution in [0.1, 0.15) is 29.9 Å². The molecule has 0 bridgehead atoms. The molecule has 1 unspecified atom stereocenters. The molecule has 4 heteroatoms. The molecule has 1 aromatic carbocycles. The van der Waals surface area contributed by atoms with Gasteiger partial charge in [-0.25, -0.2) is 8.42 Å². The Kier molecular flexibility index (Phi) is 3.84. The summed E-state index contributed by atoms with van der Waals surface area (Å²) in [6.07, 6.45) is 2.67. The molecule has 1 heterocycles. The first-order valence-corrected chi connectivity index (χ1v) is 7.93. The lowest BCUT2D eigenvalue weighted by molar-refractivity contribution is 0.601. The molecule has 0 amide bonds. The second kappa shape index (κ2) is 5.19. The van der Waals surface area contributed by atoms with Gasteiger partial charge >= 0.3 is 0 Å². The van der Waals surface area contributed by atoms with Gasteiger partial charge in [0.2, 0.25) is 0 Å². The molecule has 2 N–H and O–H groups in total. The third kappa shape index (κ3) is 3.07. The van der Waals surface area contributed by atoms with Crippen LogP contribution in [0.15, 0.2) is 24.3 Å². The molecule has 0 saturated carbocycles. The smallest absolute Gasteiger partial charge is 0.150 e. The molecule has 0 aromatic heterocycles. The van der Waals surface area contributed by atoms with Crippen LogP contribution in [-0.2, 0) is 16.3 Å². The van der Waals surface area contributed by atoms with Crippen LogP contribution in [0, 0.1) is 0 Å². The van der Waals surface area contributed by atoms with Crippen LogP contribution in [0.4, 0.5) is 0 Å². The second-order valence-electron chi connectivity index (χ2n) is 4.69. The number of benzene rings is 1. The van der Waals surface area contributed by atoms with Gasteiger partial charge in [0, 0.05) is 0 Å². The average molecular weight is 253 g/mol. The fourth-order valence-electron chi connectivity index (χ4n) is 2.49. The first kappa shape index (κ1) is 12.6. The van der Waals surface area contributed by atoms with Gasteiger partial charge in [-0.1, -0.05) is 24.3 Å². The number of hydrogen-bond donors (Lipinski definition) is 1. The molecule has 0 spiro atoms. The van der Waals surface area contributed by atoms with E-state index in [4.69, 9.17) is 5.73 Å². The Morgan fingerprint density at radius 3 is 2.71 bits per heavy atom. The van der Waals surface area contributed by atoms with E-state index in [0.717, 1.165) is 19.3 Å². The van der Waals surface area contributed by atoms with Gasteiger partial charge in [-0.3, -0.25) is 0 Å². The number of rotatable bonds is 4. The van der Waals surface area contributed by atoms with E-state index in [2.05, 4.69) is 12.1 Å². The van der Waals surface area contributed by atoms with Gasteiger partial charge in [0.05, 0.1) is 11.5 Å². The highest BCUT2D eigenvalue weighted by molar-refractivity contribution is 7.91. The first-order chi connectivity index (χ1) is 8.12. The van der Waals surface area contributed by atoms with Crippen LogP contribution < -0.4 is 5.73 Å². The van der Waals surface area contributed by atoms with Gasteiger partial charge in [-0.05, 0) is 42.9 Å². The maximum absolute atomic E-state index is 11.5. The van der Waals surface area contributed by atoms with Crippen molar-refractivity contribution in [2.75, 3.05) is 18.1 Å². The van der Waals surface area contributed by atoms with Crippen molar-refractivity contribution in [3.63, 3.8) is 0 Å². The molecule has 1 atom stereocenters. The second-order valence-corrected chi connectivity index (χ2v) is 6.92. The maximum atomic E-state index is 11.5. The molecule has 17 heavy (non-hydrogen) atoms. The quantitative estimate of drug-likeness (QED) is 0.884. The molecular formula is C13H19NO2S. The summed E-state index contributed by atoms with van der Waals surface area (Å²) >= 11 is 0. The van der Waals surface area contributed by atoms with Gasteiger partial charge in [-0.2, -0.15) is 0 Å². The predicted molar refractivity (Wildman–Crippen MR) is 69.8 cm³/mol. The number of aryl methyl sites for hydroxylation is 1. The van der Waals surface area contributed by atoms with Crippen molar-refractivity contribution >= 4 is 9.84 Å². The summed E-state index contributed by atoms with van der Waals surface area (Å²) in [4.78, 5) is 0. The zero-order chi connectivity index (χ0) is 12.3. The lowest BCUT2D eigenvalue weighted by Gasteiger charge is -2.14. The molecule has 1 saturated heterocycles. The summed E-state index contributed by atoms with van der Waals surface area (Å²) in [7, 11) is -2.81. The minimum atomic E-state index is -2.81. The molecule has 1 fully saturated rings. The molecule has 3 nitrogen and oxygen atoms in total. The Morgan fingerprint density at radius 1 is 1.29 bits per heavy atom. The van der Waals surface area contributed by atoms with Crippen LogP contribution >= 0.6 is 0 Å². The van der Waals surface area contributed by atoms with E-state index in [-0.39, 0.29) is 5.92 Å². The van der Waals surface area contributed by atoms with Crippen LogP contribution in [0.5, 0.6) is 0 Å². The van der Waals surface area contributed by atoms with E-state index in [0.29, 0.717) is 18.1 Å². The van der Waals surface area contributed by atoms with Crippen LogP contribution in [-0.4, -0.2) is 26.5 Å². The largest absolute Gasteiger partial charge is 0.330 e. The lowest BCUT2D eigenvalue weighted by Crippen LogP contribution is -2.07. The Labute approximate surface area is 103 Å². The predicted octanol–water partition coefficient (Wildman–Crippen LogP) is 1.48. The number of hydrogen-bond acceptors (Lipinski definition) is 3. The molecular weight excluding hydrogens is 234 g/mol. The third-order valence-electron chi connectivity index (χ3n) is 3.38. The SMILES string of the molecule is NCCCc1ccccc1C1CCS(=O)(=O)C1. The summed E-state index contributed by atoms with van der Waals surface area (Å²) in [6.45, 7) is 0.678. The fourth-order valence-corrected chi connectivity index (χ4v) is 4.26. The minimum absolute atomic E-state index is 0.189. The molecule has 1 aliphatic heterocycles. The van der Waals surface area contributed by atoms with Crippen molar-refractivity contribution in [3.05, 3.63) is 35.4 Å². The van der Waals surface area contributed by atoms with E-state index >= 15 is 0 Å². The Balaban J connectivity index is 2.20. The van der Waals surface area contributed by atoms with Gasteiger partial charge in [0.1, 0.15) is 0 Å². The average Bonchev–Trinajstić information content (AvgIpc) is 2.67. The molecule has 1 aliphatic rings. The van der Waals surface area contributed by atoms with E-state index < -0.39 is 9.84 Å². The highest BCUT2D eigenvalue weighted by atomic mass is 32.2. The molecule has 0 aliphatic carbocycles. The highest BCUT2D eigenvalue weighted by Gasteiger charge is 2.29. The van der Waals surface area contributed by atoms with Crippen LogP contribution in [0.3, 0.4) is 0 Å². The summed E-state index contributed by atoms with van der Waals surface area (Å²) in [6, 6.07) is 8.16. The standard InChI is InChI=1S/C13H19NO2S/c14-8-3-5-11-4-1-2-6-13(11)12-7-9-17(15,16)10-12/h1-2,4,6,12H,3,5,7-10,14H2. The Bertz CT molecular complexity index is 482. The topological polar surface area (TPSA) is 60.2 Å². The third-order valence-corrected chi connectivity index (χ3v) is 5.15. The van der Waals surface area contributed by atoms with E-state index in [1.54, 1.807) is 0 Å². The molecule has 1 aromatic rings. The van der Waals surface area contributed by atoms with Gasteiger partial charge in [0.15, 0.2) is 9.84 Å². The summed E-state index contributed by atoms with van der Waals surface area (Å²) in [5.41, 5.74) is 8.00. The first-order valence-electron chi connectivity index (χ1n) is 6.11. The van der Waals surface area contributed by atoms with Gasteiger partial charge in [0.25, 0.3) is 0 Å². The highest BCUT2D eigenvalue weighted by Crippen LogP contribution is 2.31. The van der Waals surface area contributed by atoms with E-state index in [1.165, 1.54) is 11.1 Å². The van der Waals surface area contributed by atoms with Crippen molar-refractivity contribution < 1.29 is 8.42 Å². The molecule has 94 valence electrons. The van der Waals surface area contributed by atoms with E-state index in [9.17, 15) is 8.42 Å². The number of nitrogens with two attached hydrogens (primary N) is 1. The summed E-state index contributed by atoms with van der Waals surface area (Å²) in [5, 5.41) is 0.